The fourth-order valence-electron chi connectivity index (χ4n) is 3.09. The van der Waals surface area contributed by atoms with Crippen LogP contribution in [0.4, 0.5) is 5.82 Å². The molecule has 0 radical (unpaired) electrons. The number of methoxy groups -OCH3 is 2. The standard InChI is InChI=1S/C22H26N4O3S/c1-5-23-21-16-8-6-7-9-18(16)25-22(26-21)30-13-20(27)24-14(2)17-12-15(28-3)10-11-19(17)29-4/h6-12,14H,5,13H2,1-4H3,(H,24,27)(H,23,25,26)/t14-/m0/s1. The predicted octanol–water partition coefficient (Wildman–Crippen LogP) is 4.05. The number of carbonyl (C=O) groups is 1. The van der Waals surface area contributed by atoms with Crippen molar-refractivity contribution in [2.24, 2.45) is 0 Å². The molecule has 2 aromatic carbocycles. The average molecular weight is 427 g/mol. The molecule has 0 spiro atoms. The summed E-state index contributed by atoms with van der Waals surface area (Å²) in [6.45, 7) is 4.69. The van der Waals surface area contributed by atoms with Crippen molar-refractivity contribution in [3.63, 3.8) is 0 Å². The number of fused-ring (bicyclic) bond motifs is 1. The van der Waals surface area contributed by atoms with Crippen LogP contribution in [0.15, 0.2) is 47.6 Å². The van der Waals surface area contributed by atoms with Gasteiger partial charge < -0.3 is 20.1 Å². The third-order valence-electron chi connectivity index (χ3n) is 4.54. The minimum Gasteiger partial charge on any atom is -0.497 e. The van der Waals surface area contributed by atoms with Crippen LogP contribution in [-0.2, 0) is 4.79 Å². The van der Waals surface area contributed by atoms with Crippen LogP contribution < -0.4 is 20.1 Å². The molecule has 0 bridgehead atoms. The first-order chi connectivity index (χ1) is 14.5. The van der Waals surface area contributed by atoms with Gasteiger partial charge in [0.25, 0.3) is 0 Å². The van der Waals surface area contributed by atoms with Crippen LogP contribution in [-0.4, -0.2) is 42.4 Å². The SMILES string of the molecule is CCNc1nc(SCC(=O)N[C@@H](C)c2cc(OC)ccc2OC)nc2ccccc12. The van der Waals surface area contributed by atoms with Gasteiger partial charge in [-0.05, 0) is 44.2 Å². The first-order valence-electron chi connectivity index (χ1n) is 9.70. The number of carbonyl (C=O) groups excluding carboxylic acids is 1. The number of nitrogens with one attached hydrogen (secondary N) is 2. The second kappa shape index (κ2) is 10.2. The van der Waals surface area contributed by atoms with Gasteiger partial charge >= 0.3 is 0 Å². The Morgan fingerprint density at radius 3 is 2.67 bits per heavy atom. The van der Waals surface area contributed by atoms with Gasteiger partial charge in [-0.3, -0.25) is 4.79 Å². The highest BCUT2D eigenvalue weighted by Gasteiger charge is 2.16. The number of ether oxygens (including phenoxy) is 2. The number of amides is 1. The van der Waals surface area contributed by atoms with E-state index in [4.69, 9.17) is 9.47 Å². The molecule has 158 valence electrons. The Hall–Kier alpha value is -3.00. The van der Waals surface area contributed by atoms with E-state index in [1.165, 1.54) is 11.8 Å². The molecule has 1 aromatic heterocycles. The van der Waals surface area contributed by atoms with Gasteiger partial charge in [-0.1, -0.05) is 23.9 Å². The van der Waals surface area contributed by atoms with E-state index < -0.39 is 0 Å². The molecule has 0 aliphatic heterocycles. The molecule has 0 fully saturated rings. The Labute approximate surface area is 180 Å². The summed E-state index contributed by atoms with van der Waals surface area (Å²) >= 11 is 1.31. The van der Waals surface area contributed by atoms with Crippen LogP contribution in [0.5, 0.6) is 11.5 Å². The molecule has 0 saturated carbocycles. The van der Waals surface area contributed by atoms with Gasteiger partial charge in [-0.2, -0.15) is 0 Å². The molecule has 0 saturated heterocycles. The number of nitrogens with zero attached hydrogens (tertiary/aromatic N) is 2. The van der Waals surface area contributed by atoms with Crippen LogP contribution in [0.3, 0.4) is 0 Å². The Balaban J connectivity index is 1.69. The Kier molecular flexibility index (Phi) is 7.35. The summed E-state index contributed by atoms with van der Waals surface area (Å²) in [5.74, 6) is 2.28. The molecule has 0 unspecified atom stereocenters. The maximum absolute atomic E-state index is 12.6. The van der Waals surface area contributed by atoms with Gasteiger partial charge in [0.2, 0.25) is 5.91 Å². The van der Waals surface area contributed by atoms with E-state index in [9.17, 15) is 4.79 Å². The van der Waals surface area contributed by atoms with E-state index >= 15 is 0 Å². The Morgan fingerprint density at radius 2 is 1.93 bits per heavy atom. The van der Waals surface area contributed by atoms with Gasteiger partial charge in [0, 0.05) is 17.5 Å². The lowest BCUT2D eigenvalue weighted by molar-refractivity contribution is -0.119. The van der Waals surface area contributed by atoms with E-state index in [0.717, 1.165) is 28.8 Å². The smallest absolute Gasteiger partial charge is 0.230 e. The molecule has 0 aliphatic rings. The first-order valence-corrected chi connectivity index (χ1v) is 10.7. The zero-order chi connectivity index (χ0) is 21.5. The Morgan fingerprint density at radius 1 is 1.13 bits per heavy atom. The molecular formula is C22H26N4O3S. The van der Waals surface area contributed by atoms with Crippen LogP contribution in [0.1, 0.15) is 25.5 Å². The minimum atomic E-state index is -0.238. The zero-order valence-electron chi connectivity index (χ0n) is 17.6. The molecule has 8 heteroatoms. The highest BCUT2D eigenvalue weighted by molar-refractivity contribution is 7.99. The molecule has 7 nitrogen and oxygen atoms in total. The summed E-state index contributed by atoms with van der Waals surface area (Å²) in [6.07, 6.45) is 0. The lowest BCUT2D eigenvalue weighted by Gasteiger charge is -2.18. The number of aromatic nitrogens is 2. The second-order valence-corrected chi connectivity index (χ2v) is 7.53. The normalized spacial score (nSPS) is 11.7. The minimum absolute atomic E-state index is 0.112. The van der Waals surface area contributed by atoms with Crippen molar-refractivity contribution in [2.75, 3.05) is 31.8 Å². The molecule has 3 rings (SSSR count). The number of rotatable bonds is 9. The monoisotopic (exact) mass is 426 g/mol. The van der Waals surface area contributed by atoms with Crippen molar-refractivity contribution in [3.05, 3.63) is 48.0 Å². The summed E-state index contributed by atoms with van der Waals surface area (Å²) in [6, 6.07) is 13.1. The van der Waals surface area contributed by atoms with E-state index in [1.807, 2.05) is 56.3 Å². The van der Waals surface area contributed by atoms with E-state index in [2.05, 4.69) is 20.6 Å². The van der Waals surface area contributed by atoms with Crippen molar-refractivity contribution in [3.8, 4) is 11.5 Å². The van der Waals surface area contributed by atoms with Crippen molar-refractivity contribution < 1.29 is 14.3 Å². The molecule has 3 aromatic rings. The second-order valence-electron chi connectivity index (χ2n) is 6.59. The largest absolute Gasteiger partial charge is 0.497 e. The van der Waals surface area contributed by atoms with Gasteiger partial charge in [-0.15, -0.1) is 0 Å². The lowest BCUT2D eigenvalue weighted by atomic mass is 10.1. The van der Waals surface area contributed by atoms with E-state index in [1.54, 1.807) is 14.2 Å². The lowest BCUT2D eigenvalue weighted by Crippen LogP contribution is -2.28. The Bertz CT molecular complexity index is 1030. The summed E-state index contributed by atoms with van der Waals surface area (Å²) in [5, 5.41) is 7.79. The number of hydrogen-bond acceptors (Lipinski definition) is 7. The molecule has 1 heterocycles. The van der Waals surface area contributed by atoms with Gasteiger partial charge in [0.15, 0.2) is 5.16 Å². The van der Waals surface area contributed by atoms with Crippen LogP contribution in [0, 0.1) is 0 Å². The first kappa shape index (κ1) is 21.7. The molecule has 1 atom stereocenters. The van der Waals surface area contributed by atoms with Crippen LogP contribution >= 0.6 is 11.8 Å². The fourth-order valence-corrected chi connectivity index (χ4v) is 3.75. The van der Waals surface area contributed by atoms with Gasteiger partial charge in [0.1, 0.15) is 17.3 Å². The van der Waals surface area contributed by atoms with Crippen molar-refractivity contribution in [1.29, 1.82) is 0 Å². The number of anilines is 1. The number of benzene rings is 2. The highest BCUT2D eigenvalue weighted by atomic mass is 32.2. The molecular weight excluding hydrogens is 400 g/mol. The van der Waals surface area contributed by atoms with E-state index in [0.29, 0.717) is 16.7 Å². The fraction of sp³-hybridized carbons (Fsp3) is 0.318. The molecule has 30 heavy (non-hydrogen) atoms. The highest BCUT2D eigenvalue weighted by Crippen LogP contribution is 2.29. The van der Waals surface area contributed by atoms with Crippen LogP contribution in [0.25, 0.3) is 10.9 Å². The predicted molar refractivity (Wildman–Crippen MR) is 121 cm³/mol. The van der Waals surface area contributed by atoms with Crippen molar-refractivity contribution in [2.45, 2.75) is 25.0 Å². The summed E-state index contributed by atoms with van der Waals surface area (Å²) < 4.78 is 10.7. The molecule has 1 amide bonds. The van der Waals surface area contributed by atoms with Crippen molar-refractivity contribution >= 4 is 34.4 Å². The van der Waals surface area contributed by atoms with Gasteiger partial charge in [-0.25, -0.2) is 9.97 Å². The third-order valence-corrected chi connectivity index (χ3v) is 5.39. The quantitative estimate of drug-likeness (QED) is 0.394. The molecule has 2 N–H and O–H groups in total. The molecule has 0 aliphatic carbocycles. The average Bonchev–Trinajstić information content (AvgIpc) is 2.77. The maximum atomic E-state index is 12.6. The summed E-state index contributed by atoms with van der Waals surface area (Å²) in [7, 11) is 3.21. The van der Waals surface area contributed by atoms with Crippen LogP contribution in [0.2, 0.25) is 0 Å². The zero-order valence-corrected chi connectivity index (χ0v) is 18.4. The number of thioether (sulfide) groups is 1. The third kappa shape index (κ3) is 5.13. The summed E-state index contributed by atoms with van der Waals surface area (Å²) in [5.41, 5.74) is 1.70. The summed E-state index contributed by atoms with van der Waals surface area (Å²) in [4.78, 5) is 21.7. The number of para-hydroxylation sites is 1. The topological polar surface area (TPSA) is 85.4 Å². The van der Waals surface area contributed by atoms with Crippen molar-refractivity contribution in [1.82, 2.24) is 15.3 Å². The van der Waals surface area contributed by atoms with Gasteiger partial charge in [0.05, 0.1) is 31.5 Å². The van der Waals surface area contributed by atoms with E-state index in [-0.39, 0.29) is 17.7 Å². The number of hydrogen-bond donors (Lipinski definition) is 2. The maximum Gasteiger partial charge on any atom is 0.230 e.